The van der Waals surface area contributed by atoms with Crippen molar-refractivity contribution in [3.05, 3.63) is 42.1 Å². The van der Waals surface area contributed by atoms with E-state index in [0.29, 0.717) is 17.9 Å². The number of nitrogens with two attached hydrogens (primary N) is 1. The summed E-state index contributed by atoms with van der Waals surface area (Å²) in [5.41, 5.74) is 6.82. The van der Waals surface area contributed by atoms with Gasteiger partial charge in [0, 0.05) is 18.0 Å². The van der Waals surface area contributed by atoms with Crippen LogP contribution in [0.5, 0.6) is 0 Å². The molecule has 0 bridgehead atoms. The maximum Gasteiger partial charge on any atom is 0.251 e. The van der Waals surface area contributed by atoms with Gasteiger partial charge < -0.3 is 16.0 Å². The summed E-state index contributed by atoms with van der Waals surface area (Å²) in [7, 11) is 0. The molecule has 2 aromatic rings. The van der Waals surface area contributed by atoms with Gasteiger partial charge in [-0.3, -0.25) is 4.79 Å². The molecule has 6 heteroatoms. The molecule has 0 spiro atoms. The Morgan fingerprint density at radius 2 is 2.44 bits per heavy atom. The summed E-state index contributed by atoms with van der Waals surface area (Å²) in [6.45, 7) is 0.404. The summed E-state index contributed by atoms with van der Waals surface area (Å²) in [6, 6.07) is 3.14. The molecule has 82 valence electrons. The molecule has 6 nitrogen and oxygen atoms in total. The molecule has 4 N–H and O–H groups in total. The lowest BCUT2D eigenvalue weighted by Crippen LogP contribution is -2.23. The Labute approximate surface area is 91.9 Å². The fraction of sp³-hybridized carbons (Fsp3) is 0.100. The third kappa shape index (κ3) is 2.35. The van der Waals surface area contributed by atoms with Crippen LogP contribution in [0.4, 0.5) is 5.82 Å². The van der Waals surface area contributed by atoms with Crippen LogP contribution in [0.1, 0.15) is 16.1 Å². The number of carbonyl (C=O) groups excluding carboxylic acids is 1. The number of anilines is 1. The van der Waals surface area contributed by atoms with Crippen LogP contribution in [0.15, 0.2) is 30.9 Å². The Balaban J connectivity index is 1.98. The Hall–Kier alpha value is -2.37. The van der Waals surface area contributed by atoms with Gasteiger partial charge in [0.2, 0.25) is 0 Å². The van der Waals surface area contributed by atoms with Gasteiger partial charge in [0.05, 0.1) is 18.6 Å². The molecule has 0 aliphatic carbocycles. The lowest BCUT2D eigenvalue weighted by molar-refractivity contribution is 0.0950. The molecule has 0 aliphatic heterocycles. The van der Waals surface area contributed by atoms with Gasteiger partial charge in [0.1, 0.15) is 5.82 Å². The fourth-order valence-corrected chi connectivity index (χ4v) is 1.25. The van der Waals surface area contributed by atoms with E-state index in [-0.39, 0.29) is 5.91 Å². The van der Waals surface area contributed by atoms with E-state index < -0.39 is 0 Å². The molecule has 0 saturated heterocycles. The Morgan fingerprint density at radius 1 is 1.56 bits per heavy atom. The minimum absolute atomic E-state index is 0.191. The molecule has 0 atom stereocenters. The molecule has 2 rings (SSSR count). The largest absolute Gasteiger partial charge is 0.384 e. The highest BCUT2D eigenvalue weighted by molar-refractivity contribution is 5.94. The van der Waals surface area contributed by atoms with Crippen molar-refractivity contribution in [3.8, 4) is 0 Å². The summed E-state index contributed by atoms with van der Waals surface area (Å²) >= 11 is 0. The zero-order chi connectivity index (χ0) is 11.4. The van der Waals surface area contributed by atoms with Gasteiger partial charge in [-0.15, -0.1) is 0 Å². The van der Waals surface area contributed by atoms with E-state index in [4.69, 9.17) is 5.73 Å². The first-order valence-electron chi connectivity index (χ1n) is 4.72. The molecule has 0 fully saturated rings. The molecule has 0 unspecified atom stereocenters. The zero-order valence-electron chi connectivity index (χ0n) is 8.47. The molecular formula is C10H11N5O. The SMILES string of the molecule is Nc1cc(C(=O)NCc2cnc[nH]2)ccn1. The van der Waals surface area contributed by atoms with Crippen molar-refractivity contribution in [1.29, 1.82) is 0 Å². The third-order valence-electron chi connectivity index (χ3n) is 2.04. The van der Waals surface area contributed by atoms with Crippen molar-refractivity contribution < 1.29 is 4.79 Å². The van der Waals surface area contributed by atoms with E-state index in [1.165, 1.54) is 12.3 Å². The predicted molar refractivity (Wildman–Crippen MR) is 58.4 cm³/mol. The van der Waals surface area contributed by atoms with Crippen LogP contribution in [0, 0.1) is 0 Å². The minimum Gasteiger partial charge on any atom is -0.384 e. The number of amides is 1. The summed E-state index contributed by atoms with van der Waals surface area (Å²) in [5.74, 6) is 0.137. The number of hydrogen-bond acceptors (Lipinski definition) is 4. The number of aromatic amines is 1. The number of rotatable bonds is 3. The first-order chi connectivity index (χ1) is 7.75. The predicted octanol–water partition coefficient (Wildman–Crippen LogP) is 0.317. The molecule has 0 aromatic carbocycles. The number of nitrogens with zero attached hydrogens (tertiary/aromatic N) is 2. The van der Waals surface area contributed by atoms with Gasteiger partial charge in [-0.05, 0) is 12.1 Å². The van der Waals surface area contributed by atoms with Crippen LogP contribution >= 0.6 is 0 Å². The van der Waals surface area contributed by atoms with E-state index in [9.17, 15) is 4.79 Å². The lowest BCUT2D eigenvalue weighted by Gasteiger charge is -2.03. The Morgan fingerprint density at radius 3 is 3.12 bits per heavy atom. The molecule has 2 aromatic heterocycles. The first-order valence-corrected chi connectivity index (χ1v) is 4.72. The molecule has 0 radical (unpaired) electrons. The summed E-state index contributed by atoms with van der Waals surface area (Å²) in [4.78, 5) is 22.2. The maximum absolute atomic E-state index is 11.7. The van der Waals surface area contributed by atoms with Gasteiger partial charge >= 0.3 is 0 Å². The van der Waals surface area contributed by atoms with Crippen molar-refractivity contribution in [2.75, 3.05) is 5.73 Å². The second-order valence-electron chi connectivity index (χ2n) is 3.23. The van der Waals surface area contributed by atoms with Crippen molar-refractivity contribution in [1.82, 2.24) is 20.3 Å². The smallest absolute Gasteiger partial charge is 0.251 e. The number of pyridine rings is 1. The van der Waals surface area contributed by atoms with Gasteiger partial charge in [-0.2, -0.15) is 0 Å². The fourth-order valence-electron chi connectivity index (χ4n) is 1.25. The second kappa shape index (κ2) is 4.43. The van der Waals surface area contributed by atoms with Crippen molar-refractivity contribution >= 4 is 11.7 Å². The molecule has 1 amide bonds. The van der Waals surface area contributed by atoms with Crippen LogP contribution in [0.25, 0.3) is 0 Å². The van der Waals surface area contributed by atoms with Crippen LogP contribution in [-0.2, 0) is 6.54 Å². The van der Waals surface area contributed by atoms with Gasteiger partial charge in [0.25, 0.3) is 5.91 Å². The number of nitrogen functional groups attached to an aromatic ring is 1. The number of hydrogen-bond donors (Lipinski definition) is 3. The molecule has 2 heterocycles. The number of carbonyl (C=O) groups is 1. The van der Waals surface area contributed by atoms with E-state index in [0.717, 1.165) is 5.69 Å². The van der Waals surface area contributed by atoms with Crippen molar-refractivity contribution in [2.45, 2.75) is 6.54 Å². The quantitative estimate of drug-likeness (QED) is 0.689. The van der Waals surface area contributed by atoms with Gasteiger partial charge in [0.15, 0.2) is 0 Å². The van der Waals surface area contributed by atoms with E-state index in [2.05, 4.69) is 20.3 Å². The number of H-pyrrole nitrogens is 1. The number of imidazole rings is 1. The van der Waals surface area contributed by atoms with E-state index >= 15 is 0 Å². The van der Waals surface area contributed by atoms with Crippen molar-refractivity contribution in [2.24, 2.45) is 0 Å². The average molecular weight is 217 g/mol. The van der Waals surface area contributed by atoms with Crippen LogP contribution < -0.4 is 11.1 Å². The average Bonchev–Trinajstić information content (AvgIpc) is 2.78. The highest BCUT2D eigenvalue weighted by Crippen LogP contribution is 2.02. The zero-order valence-corrected chi connectivity index (χ0v) is 8.47. The molecule has 0 aliphatic rings. The normalized spacial score (nSPS) is 10.0. The third-order valence-corrected chi connectivity index (χ3v) is 2.04. The highest BCUT2D eigenvalue weighted by Gasteiger charge is 2.05. The molecule has 16 heavy (non-hydrogen) atoms. The standard InChI is InChI=1S/C10H11N5O/c11-9-3-7(1-2-13-9)10(16)14-5-8-4-12-6-15-8/h1-4,6H,5H2,(H2,11,13)(H,12,15)(H,14,16). The lowest BCUT2D eigenvalue weighted by atomic mass is 10.2. The molecule has 0 saturated carbocycles. The molecular weight excluding hydrogens is 206 g/mol. The Kier molecular flexibility index (Phi) is 2.81. The summed E-state index contributed by atoms with van der Waals surface area (Å²) in [5, 5.41) is 2.74. The highest BCUT2D eigenvalue weighted by atomic mass is 16.1. The minimum atomic E-state index is -0.191. The van der Waals surface area contributed by atoms with Crippen LogP contribution in [-0.4, -0.2) is 20.9 Å². The van der Waals surface area contributed by atoms with E-state index in [1.54, 1.807) is 18.6 Å². The van der Waals surface area contributed by atoms with Crippen LogP contribution in [0.3, 0.4) is 0 Å². The van der Waals surface area contributed by atoms with Crippen molar-refractivity contribution in [3.63, 3.8) is 0 Å². The maximum atomic E-state index is 11.7. The van der Waals surface area contributed by atoms with Crippen LogP contribution in [0.2, 0.25) is 0 Å². The van der Waals surface area contributed by atoms with E-state index in [1.807, 2.05) is 0 Å². The monoisotopic (exact) mass is 217 g/mol. The number of aromatic nitrogens is 3. The summed E-state index contributed by atoms with van der Waals surface area (Å²) < 4.78 is 0. The number of nitrogens with one attached hydrogen (secondary N) is 2. The first kappa shape index (κ1) is 10.2. The summed E-state index contributed by atoms with van der Waals surface area (Å²) in [6.07, 6.45) is 4.72. The topological polar surface area (TPSA) is 96.7 Å². The van der Waals surface area contributed by atoms with Gasteiger partial charge in [-0.1, -0.05) is 0 Å². The van der Waals surface area contributed by atoms with Gasteiger partial charge in [-0.25, -0.2) is 9.97 Å². The Bertz CT molecular complexity index is 480. The second-order valence-corrected chi connectivity index (χ2v) is 3.23.